The van der Waals surface area contributed by atoms with Gasteiger partial charge in [0.05, 0.1) is 0 Å². The van der Waals surface area contributed by atoms with Gasteiger partial charge in [0.2, 0.25) is 0 Å². The Balaban J connectivity index is 3.52. The van der Waals surface area contributed by atoms with Crippen LogP contribution in [0.1, 0.15) is 11.6 Å². The van der Waals surface area contributed by atoms with Crippen molar-refractivity contribution >= 4 is 5.69 Å². The number of nitrogens with two attached hydrogens (primary N) is 3. The van der Waals surface area contributed by atoms with E-state index in [1.54, 1.807) is 0 Å². The fourth-order valence-corrected chi connectivity index (χ4v) is 1.11. The largest absolute Gasteiger partial charge is 0.394 e. The highest BCUT2D eigenvalue weighted by molar-refractivity contribution is 5.46. The molecule has 0 spiro atoms. The van der Waals surface area contributed by atoms with Crippen molar-refractivity contribution < 1.29 is 17.6 Å². The lowest BCUT2D eigenvalue weighted by Crippen LogP contribution is -2.25. The van der Waals surface area contributed by atoms with Crippen LogP contribution in [0.15, 0.2) is 0 Å². The number of hydrogen-bond donors (Lipinski definition) is 3. The van der Waals surface area contributed by atoms with Gasteiger partial charge in [0.1, 0.15) is 5.69 Å². The lowest BCUT2D eigenvalue weighted by atomic mass is 10.0. The van der Waals surface area contributed by atoms with E-state index in [4.69, 9.17) is 17.2 Å². The van der Waals surface area contributed by atoms with Gasteiger partial charge < -0.3 is 17.2 Å². The maximum atomic E-state index is 13.1. The van der Waals surface area contributed by atoms with Crippen molar-refractivity contribution in [2.45, 2.75) is 6.04 Å². The van der Waals surface area contributed by atoms with E-state index in [9.17, 15) is 17.6 Å². The molecule has 0 aliphatic heterocycles. The summed E-state index contributed by atoms with van der Waals surface area (Å²) >= 11 is 0. The fourth-order valence-electron chi connectivity index (χ4n) is 1.11. The number of anilines is 1. The van der Waals surface area contributed by atoms with Crippen molar-refractivity contribution in [3.8, 4) is 0 Å². The number of nitrogen functional groups attached to an aromatic ring is 1. The molecule has 0 radical (unpaired) electrons. The molecule has 0 unspecified atom stereocenters. The standard InChI is InChI=1S/C8H9F4N3/c9-4-3(2(14)1-13)5(10)7(12)8(15)6(4)11/h2H,1,13-15H2/t2-/m0/s1. The topological polar surface area (TPSA) is 78.1 Å². The molecular formula is C8H9F4N3. The van der Waals surface area contributed by atoms with Crippen molar-refractivity contribution in [1.82, 2.24) is 0 Å². The summed E-state index contributed by atoms with van der Waals surface area (Å²) in [7, 11) is 0. The second-order valence-electron chi connectivity index (χ2n) is 2.93. The van der Waals surface area contributed by atoms with Gasteiger partial charge in [-0.3, -0.25) is 0 Å². The first-order valence-corrected chi connectivity index (χ1v) is 3.98. The third kappa shape index (κ3) is 1.75. The molecule has 84 valence electrons. The first-order valence-electron chi connectivity index (χ1n) is 3.98. The Bertz CT molecular complexity index is 365. The van der Waals surface area contributed by atoms with Crippen LogP contribution in [0.25, 0.3) is 0 Å². The number of benzene rings is 1. The highest BCUT2D eigenvalue weighted by Crippen LogP contribution is 2.28. The van der Waals surface area contributed by atoms with Gasteiger partial charge in [-0.2, -0.15) is 0 Å². The Morgan fingerprint density at radius 3 is 1.67 bits per heavy atom. The van der Waals surface area contributed by atoms with E-state index in [1.807, 2.05) is 0 Å². The molecule has 0 fully saturated rings. The molecule has 1 rings (SSSR count). The molecule has 3 nitrogen and oxygen atoms in total. The summed E-state index contributed by atoms with van der Waals surface area (Å²) in [6, 6.07) is -1.32. The summed E-state index contributed by atoms with van der Waals surface area (Å²) in [4.78, 5) is 0. The molecule has 0 aliphatic carbocycles. The molecule has 6 N–H and O–H groups in total. The van der Waals surface area contributed by atoms with Crippen LogP contribution in [0, 0.1) is 23.3 Å². The Hall–Kier alpha value is -1.34. The molecule has 0 saturated heterocycles. The number of hydrogen-bond acceptors (Lipinski definition) is 3. The van der Waals surface area contributed by atoms with Crippen molar-refractivity contribution in [1.29, 1.82) is 0 Å². The molecule has 0 aliphatic rings. The predicted octanol–water partition coefficient (Wildman–Crippen LogP) is 0.784. The van der Waals surface area contributed by atoms with Gasteiger partial charge in [-0.05, 0) is 0 Å². The van der Waals surface area contributed by atoms with Crippen LogP contribution < -0.4 is 17.2 Å². The number of rotatable bonds is 2. The first-order chi connectivity index (χ1) is 6.91. The Morgan fingerprint density at radius 1 is 0.933 bits per heavy atom. The van der Waals surface area contributed by atoms with E-state index in [0.717, 1.165) is 0 Å². The monoisotopic (exact) mass is 223 g/mol. The zero-order valence-electron chi connectivity index (χ0n) is 7.53. The maximum Gasteiger partial charge on any atom is 0.185 e. The molecule has 0 bridgehead atoms. The molecule has 0 saturated carbocycles. The lowest BCUT2D eigenvalue weighted by molar-refractivity contribution is 0.433. The molecule has 15 heavy (non-hydrogen) atoms. The molecule has 0 heterocycles. The first kappa shape index (κ1) is 11.7. The summed E-state index contributed by atoms with van der Waals surface area (Å²) in [6.45, 7) is -0.351. The van der Waals surface area contributed by atoms with Gasteiger partial charge in [-0.1, -0.05) is 0 Å². The average Bonchev–Trinajstić information content (AvgIpc) is 2.23. The second-order valence-corrected chi connectivity index (χ2v) is 2.93. The Morgan fingerprint density at radius 2 is 1.33 bits per heavy atom. The van der Waals surface area contributed by atoms with E-state index in [-0.39, 0.29) is 6.54 Å². The van der Waals surface area contributed by atoms with Crippen LogP contribution in [0.3, 0.4) is 0 Å². The van der Waals surface area contributed by atoms with Crippen molar-refractivity contribution in [3.63, 3.8) is 0 Å². The zero-order chi connectivity index (χ0) is 11.7. The Labute approximate surface area is 82.8 Å². The molecule has 7 heteroatoms. The summed E-state index contributed by atoms with van der Waals surface area (Å²) in [5.74, 6) is -6.53. The van der Waals surface area contributed by atoms with E-state index in [2.05, 4.69) is 0 Å². The van der Waals surface area contributed by atoms with Crippen molar-refractivity contribution in [2.75, 3.05) is 12.3 Å². The number of halogens is 4. The van der Waals surface area contributed by atoms with Crippen molar-refractivity contribution in [3.05, 3.63) is 28.8 Å². The normalized spacial score (nSPS) is 12.9. The molecule has 0 aromatic heterocycles. The van der Waals surface area contributed by atoms with Crippen LogP contribution >= 0.6 is 0 Å². The third-order valence-electron chi connectivity index (χ3n) is 1.96. The minimum absolute atomic E-state index is 0.351. The van der Waals surface area contributed by atoms with Gasteiger partial charge in [0, 0.05) is 18.2 Å². The van der Waals surface area contributed by atoms with Gasteiger partial charge in [0.25, 0.3) is 0 Å². The van der Waals surface area contributed by atoms with E-state index in [1.165, 1.54) is 0 Å². The fraction of sp³-hybridized carbons (Fsp3) is 0.250. The van der Waals surface area contributed by atoms with E-state index < -0.39 is 40.6 Å². The molecule has 1 atom stereocenters. The summed E-state index contributed by atoms with van der Waals surface area (Å²) in [6.07, 6.45) is 0. The molecule has 1 aromatic rings. The van der Waals surface area contributed by atoms with Gasteiger partial charge >= 0.3 is 0 Å². The maximum absolute atomic E-state index is 13.1. The van der Waals surface area contributed by atoms with Gasteiger partial charge in [-0.25, -0.2) is 17.6 Å². The Kier molecular flexibility index (Phi) is 3.15. The third-order valence-corrected chi connectivity index (χ3v) is 1.96. The molecule has 1 aromatic carbocycles. The van der Waals surface area contributed by atoms with Crippen LogP contribution in [0.4, 0.5) is 23.2 Å². The van der Waals surface area contributed by atoms with Crippen LogP contribution in [0.5, 0.6) is 0 Å². The predicted molar refractivity (Wildman–Crippen MR) is 46.7 cm³/mol. The lowest BCUT2D eigenvalue weighted by Gasteiger charge is -2.13. The summed E-state index contributed by atoms with van der Waals surface area (Å²) < 4.78 is 52.1. The van der Waals surface area contributed by atoms with Crippen molar-refractivity contribution in [2.24, 2.45) is 11.5 Å². The van der Waals surface area contributed by atoms with E-state index in [0.29, 0.717) is 0 Å². The highest BCUT2D eigenvalue weighted by atomic mass is 19.2. The van der Waals surface area contributed by atoms with Crippen LogP contribution in [-0.2, 0) is 0 Å². The van der Waals surface area contributed by atoms with Crippen LogP contribution in [0.2, 0.25) is 0 Å². The van der Waals surface area contributed by atoms with E-state index >= 15 is 0 Å². The quantitative estimate of drug-likeness (QED) is 0.394. The molecular weight excluding hydrogens is 214 g/mol. The zero-order valence-corrected chi connectivity index (χ0v) is 7.53. The minimum atomic E-state index is -1.66. The SMILES string of the molecule is NC[C@H](N)c1c(F)c(F)c(N)c(F)c1F. The van der Waals surface area contributed by atoms with Gasteiger partial charge in [0.15, 0.2) is 23.3 Å². The smallest absolute Gasteiger partial charge is 0.185 e. The highest BCUT2D eigenvalue weighted by Gasteiger charge is 2.26. The van der Waals surface area contributed by atoms with Gasteiger partial charge in [-0.15, -0.1) is 0 Å². The van der Waals surface area contributed by atoms with Crippen LogP contribution in [-0.4, -0.2) is 6.54 Å². The minimum Gasteiger partial charge on any atom is -0.394 e. The second kappa shape index (κ2) is 4.03. The summed E-state index contributed by atoms with van der Waals surface area (Å²) in [5, 5.41) is 0. The molecule has 0 amide bonds. The summed E-state index contributed by atoms with van der Waals surface area (Å²) in [5.41, 5.74) is 12.9. The average molecular weight is 223 g/mol.